The van der Waals surface area contributed by atoms with Crippen molar-refractivity contribution in [2.75, 3.05) is 20.7 Å². The maximum absolute atomic E-state index is 12.5. The summed E-state index contributed by atoms with van der Waals surface area (Å²) in [6.07, 6.45) is 1.32. The summed E-state index contributed by atoms with van der Waals surface area (Å²) < 4.78 is 30.9. The zero-order chi connectivity index (χ0) is 20.0. The number of hydrogen-bond acceptors (Lipinski definition) is 5. The van der Waals surface area contributed by atoms with Gasteiger partial charge >= 0.3 is 0 Å². The monoisotopic (exact) mass is 429 g/mol. The fourth-order valence-electron chi connectivity index (χ4n) is 2.04. The molecule has 144 valence electrons. The van der Waals surface area contributed by atoms with Crippen LogP contribution in [0.4, 0.5) is 0 Å². The van der Waals surface area contributed by atoms with E-state index in [0.717, 1.165) is 4.31 Å². The first-order valence-electron chi connectivity index (χ1n) is 7.62. The standard InChI is InChI=1S/C17H17Cl2N3O4S/c1-22(27(24,25)14-8-6-13(26-2)7-9-14)11-16(23)21-20-10-12-4-3-5-15(18)17(12)19/h3-10H,11H2,1-2H3,(H,21,23)/b20-10+. The molecule has 27 heavy (non-hydrogen) atoms. The number of halogens is 2. The lowest BCUT2D eigenvalue weighted by Crippen LogP contribution is -2.36. The second kappa shape index (κ2) is 9.18. The molecule has 0 bridgehead atoms. The molecule has 7 nitrogen and oxygen atoms in total. The van der Waals surface area contributed by atoms with Crippen LogP contribution in [0.25, 0.3) is 0 Å². The number of hydrazone groups is 1. The lowest BCUT2D eigenvalue weighted by atomic mass is 10.2. The third kappa shape index (κ3) is 5.43. The third-order valence-corrected chi connectivity index (χ3v) is 6.16. The molecule has 0 radical (unpaired) electrons. The maximum Gasteiger partial charge on any atom is 0.255 e. The van der Waals surface area contributed by atoms with Crippen LogP contribution in [0.1, 0.15) is 5.56 Å². The highest BCUT2D eigenvalue weighted by molar-refractivity contribution is 7.89. The molecule has 0 saturated heterocycles. The highest BCUT2D eigenvalue weighted by Gasteiger charge is 2.22. The van der Waals surface area contributed by atoms with Crippen molar-refractivity contribution in [1.82, 2.24) is 9.73 Å². The predicted octanol–water partition coefficient (Wildman–Crippen LogP) is 2.77. The zero-order valence-corrected chi connectivity index (χ0v) is 16.8. The molecule has 1 amide bonds. The molecule has 0 aliphatic heterocycles. The minimum atomic E-state index is -3.82. The average molecular weight is 430 g/mol. The van der Waals surface area contributed by atoms with Crippen LogP contribution in [-0.4, -0.2) is 45.5 Å². The molecule has 2 aromatic carbocycles. The fourth-order valence-corrected chi connectivity index (χ4v) is 3.53. The summed E-state index contributed by atoms with van der Waals surface area (Å²) in [6, 6.07) is 10.8. The summed E-state index contributed by atoms with van der Waals surface area (Å²) in [5.41, 5.74) is 2.77. The van der Waals surface area contributed by atoms with Gasteiger partial charge in [-0.1, -0.05) is 35.3 Å². The van der Waals surface area contributed by atoms with Gasteiger partial charge in [0, 0.05) is 12.6 Å². The quantitative estimate of drug-likeness (QED) is 0.541. The predicted molar refractivity (Wildman–Crippen MR) is 105 cm³/mol. The van der Waals surface area contributed by atoms with E-state index in [9.17, 15) is 13.2 Å². The van der Waals surface area contributed by atoms with Crippen molar-refractivity contribution in [2.45, 2.75) is 4.90 Å². The summed E-state index contributed by atoms with van der Waals surface area (Å²) in [7, 11) is -1.04. The normalized spacial score (nSPS) is 11.7. The zero-order valence-electron chi connectivity index (χ0n) is 14.5. The second-order valence-electron chi connectivity index (χ2n) is 5.37. The first kappa shape index (κ1) is 21.2. The Morgan fingerprint density at radius 3 is 2.52 bits per heavy atom. The molecular formula is C17H17Cl2N3O4S. The van der Waals surface area contributed by atoms with Crippen molar-refractivity contribution >= 4 is 45.3 Å². The Morgan fingerprint density at radius 2 is 1.89 bits per heavy atom. The van der Waals surface area contributed by atoms with Gasteiger partial charge in [0.1, 0.15) is 5.75 Å². The van der Waals surface area contributed by atoms with Crippen molar-refractivity contribution in [1.29, 1.82) is 0 Å². The lowest BCUT2D eigenvalue weighted by molar-refractivity contribution is -0.121. The largest absolute Gasteiger partial charge is 0.497 e. The minimum absolute atomic E-state index is 0.0489. The topological polar surface area (TPSA) is 88.1 Å². The molecule has 0 unspecified atom stereocenters. The second-order valence-corrected chi connectivity index (χ2v) is 8.20. The van der Waals surface area contributed by atoms with Crippen molar-refractivity contribution in [3.63, 3.8) is 0 Å². The van der Waals surface area contributed by atoms with E-state index in [4.69, 9.17) is 27.9 Å². The van der Waals surface area contributed by atoms with Gasteiger partial charge in [-0.25, -0.2) is 13.8 Å². The number of sulfonamides is 1. The smallest absolute Gasteiger partial charge is 0.255 e. The Morgan fingerprint density at radius 1 is 1.22 bits per heavy atom. The van der Waals surface area contributed by atoms with Crippen LogP contribution in [-0.2, 0) is 14.8 Å². The molecular weight excluding hydrogens is 413 g/mol. The van der Waals surface area contributed by atoms with E-state index in [1.165, 1.54) is 44.6 Å². The molecule has 0 heterocycles. The van der Waals surface area contributed by atoms with Gasteiger partial charge in [-0.15, -0.1) is 0 Å². The summed E-state index contributed by atoms with van der Waals surface area (Å²) in [6.45, 7) is -0.408. The highest BCUT2D eigenvalue weighted by Crippen LogP contribution is 2.24. The molecule has 0 spiro atoms. The molecule has 0 aliphatic rings. The van der Waals surface area contributed by atoms with E-state index in [-0.39, 0.29) is 4.90 Å². The van der Waals surface area contributed by atoms with Gasteiger partial charge in [0.2, 0.25) is 10.0 Å². The maximum atomic E-state index is 12.5. The summed E-state index contributed by atoms with van der Waals surface area (Å²) in [5.74, 6) is -0.0765. The Labute approximate surface area is 167 Å². The van der Waals surface area contributed by atoms with Crippen LogP contribution in [0.5, 0.6) is 5.75 Å². The molecule has 0 atom stereocenters. The van der Waals surface area contributed by atoms with E-state index in [1.807, 2.05) is 0 Å². The number of carbonyl (C=O) groups is 1. The number of amides is 1. The van der Waals surface area contributed by atoms with Crippen LogP contribution < -0.4 is 10.2 Å². The van der Waals surface area contributed by atoms with Crippen molar-refractivity contribution < 1.29 is 17.9 Å². The number of methoxy groups -OCH3 is 1. The van der Waals surface area contributed by atoms with E-state index in [0.29, 0.717) is 21.4 Å². The number of rotatable bonds is 7. The molecule has 0 saturated carbocycles. The number of hydrogen-bond donors (Lipinski definition) is 1. The molecule has 1 N–H and O–H groups in total. The van der Waals surface area contributed by atoms with E-state index in [1.54, 1.807) is 18.2 Å². The molecule has 0 aromatic heterocycles. The molecule has 0 fully saturated rings. The van der Waals surface area contributed by atoms with Gasteiger partial charge in [-0.05, 0) is 30.3 Å². The van der Waals surface area contributed by atoms with Crippen LogP contribution in [0, 0.1) is 0 Å². The molecule has 2 aromatic rings. The Balaban J connectivity index is 1.99. The van der Waals surface area contributed by atoms with E-state index in [2.05, 4.69) is 10.5 Å². The van der Waals surface area contributed by atoms with Crippen molar-refractivity contribution in [3.8, 4) is 5.75 Å². The number of ether oxygens (including phenoxy) is 1. The SMILES string of the molecule is COc1ccc(S(=O)(=O)N(C)CC(=O)N/N=C/c2cccc(Cl)c2Cl)cc1. The summed E-state index contributed by atoms with van der Waals surface area (Å²) in [5, 5.41) is 4.43. The number of benzene rings is 2. The van der Waals surface area contributed by atoms with Gasteiger partial charge in [-0.3, -0.25) is 4.79 Å². The van der Waals surface area contributed by atoms with Crippen LogP contribution in [0.2, 0.25) is 10.0 Å². The third-order valence-electron chi connectivity index (χ3n) is 3.51. The van der Waals surface area contributed by atoms with Crippen molar-refractivity contribution in [3.05, 3.63) is 58.1 Å². The number of nitrogens with zero attached hydrogens (tertiary/aromatic N) is 2. The fraction of sp³-hybridized carbons (Fsp3) is 0.176. The van der Waals surface area contributed by atoms with Crippen LogP contribution in [0.3, 0.4) is 0 Å². The molecule has 10 heteroatoms. The Kier molecular flexibility index (Phi) is 7.20. The first-order valence-corrected chi connectivity index (χ1v) is 9.81. The molecule has 2 rings (SSSR count). The van der Waals surface area contributed by atoms with Crippen LogP contribution >= 0.6 is 23.2 Å². The van der Waals surface area contributed by atoms with E-state index < -0.39 is 22.5 Å². The number of likely N-dealkylation sites (N-methyl/N-ethyl adjacent to an activating group) is 1. The average Bonchev–Trinajstić information content (AvgIpc) is 2.65. The summed E-state index contributed by atoms with van der Waals surface area (Å²) >= 11 is 11.9. The van der Waals surface area contributed by atoms with Crippen LogP contribution in [0.15, 0.2) is 52.5 Å². The van der Waals surface area contributed by atoms with Gasteiger partial charge in [0.05, 0.1) is 34.8 Å². The lowest BCUT2D eigenvalue weighted by Gasteiger charge is -2.16. The molecule has 0 aliphatic carbocycles. The van der Waals surface area contributed by atoms with Gasteiger partial charge in [-0.2, -0.15) is 9.41 Å². The highest BCUT2D eigenvalue weighted by atomic mass is 35.5. The van der Waals surface area contributed by atoms with Crippen molar-refractivity contribution in [2.24, 2.45) is 5.10 Å². The Hall–Kier alpha value is -2.13. The number of carbonyl (C=O) groups excluding carboxylic acids is 1. The number of nitrogens with one attached hydrogen (secondary N) is 1. The van der Waals surface area contributed by atoms with E-state index >= 15 is 0 Å². The van der Waals surface area contributed by atoms with Gasteiger partial charge in [0.25, 0.3) is 5.91 Å². The van der Waals surface area contributed by atoms with Gasteiger partial charge < -0.3 is 4.74 Å². The summed E-state index contributed by atoms with van der Waals surface area (Å²) in [4.78, 5) is 12.0. The minimum Gasteiger partial charge on any atom is -0.497 e. The van der Waals surface area contributed by atoms with Gasteiger partial charge in [0.15, 0.2) is 0 Å². The first-order chi connectivity index (χ1) is 12.8. The Bertz CT molecular complexity index is 947.